The predicted molar refractivity (Wildman–Crippen MR) is 121 cm³/mol. The summed E-state index contributed by atoms with van der Waals surface area (Å²) in [7, 11) is 0. The van der Waals surface area contributed by atoms with E-state index < -0.39 is 17.7 Å². The molecule has 31 heavy (non-hydrogen) atoms. The van der Waals surface area contributed by atoms with Gasteiger partial charge in [-0.1, -0.05) is 98.8 Å². The first-order chi connectivity index (χ1) is 15.0. The van der Waals surface area contributed by atoms with Gasteiger partial charge in [-0.3, -0.25) is 9.59 Å². The largest absolute Gasteiger partial charge is 0.507 e. The number of Topliss-reactive ketones (excluding diaryl/α,β-unsaturated/α-hetero) is 1. The molecule has 4 rings (SSSR count). The Kier molecular flexibility index (Phi) is 5.72. The van der Waals surface area contributed by atoms with Gasteiger partial charge in [-0.15, -0.1) is 0 Å². The van der Waals surface area contributed by atoms with E-state index in [-0.39, 0.29) is 17.9 Å². The second-order valence-electron chi connectivity index (χ2n) is 8.10. The lowest BCUT2D eigenvalue weighted by Crippen LogP contribution is -2.29. The van der Waals surface area contributed by atoms with Crippen molar-refractivity contribution in [1.82, 2.24) is 4.90 Å². The summed E-state index contributed by atoms with van der Waals surface area (Å²) in [6.07, 6.45) is 0. The fraction of sp³-hybridized carbons (Fsp3) is 0.185. The normalized spacial score (nSPS) is 18.0. The molecular weight excluding hydrogens is 386 g/mol. The molecule has 0 saturated carbocycles. The van der Waals surface area contributed by atoms with Gasteiger partial charge in [0.2, 0.25) is 0 Å². The number of rotatable bonds is 5. The van der Waals surface area contributed by atoms with Crippen molar-refractivity contribution in [1.29, 1.82) is 0 Å². The van der Waals surface area contributed by atoms with Crippen LogP contribution in [-0.2, 0) is 16.1 Å². The summed E-state index contributed by atoms with van der Waals surface area (Å²) in [6, 6.07) is 25.8. The molecule has 1 amide bonds. The zero-order valence-corrected chi connectivity index (χ0v) is 17.7. The van der Waals surface area contributed by atoms with Gasteiger partial charge < -0.3 is 10.0 Å². The summed E-state index contributed by atoms with van der Waals surface area (Å²) in [4.78, 5) is 27.7. The summed E-state index contributed by atoms with van der Waals surface area (Å²) in [5.74, 6) is -1.03. The second-order valence-corrected chi connectivity index (χ2v) is 8.10. The van der Waals surface area contributed by atoms with Crippen LogP contribution >= 0.6 is 0 Å². The minimum absolute atomic E-state index is 0.129. The highest BCUT2D eigenvalue weighted by Gasteiger charge is 2.46. The molecule has 0 aliphatic carbocycles. The van der Waals surface area contributed by atoms with Gasteiger partial charge in [0.25, 0.3) is 11.7 Å². The standard InChI is InChI=1S/C27H25NO3/c1-18(2)20-13-15-21(16-14-20)24-23(25(29)22-11-7-4-8-12-22)26(30)27(31)28(24)17-19-9-5-3-6-10-19/h3-16,18,24,29H,17H2,1-2H3. The van der Waals surface area contributed by atoms with E-state index in [9.17, 15) is 14.7 Å². The fourth-order valence-electron chi connectivity index (χ4n) is 3.98. The maximum atomic E-state index is 13.1. The zero-order valence-electron chi connectivity index (χ0n) is 17.7. The Morgan fingerprint density at radius 3 is 2.03 bits per heavy atom. The number of hydrogen-bond donors (Lipinski definition) is 1. The van der Waals surface area contributed by atoms with Crippen LogP contribution in [0.15, 0.2) is 90.5 Å². The first-order valence-electron chi connectivity index (χ1n) is 10.4. The van der Waals surface area contributed by atoms with Crippen LogP contribution in [0.2, 0.25) is 0 Å². The number of hydrogen-bond acceptors (Lipinski definition) is 3. The molecule has 3 aromatic rings. The molecule has 1 unspecified atom stereocenters. The zero-order chi connectivity index (χ0) is 22.0. The van der Waals surface area contributed by atoms with Crippen molar-refractivity contribution in [2.45, 2.75) is 32.4 Å². The Balaban J connectivity index is 1.84. The number of amides is 1. The first-order valence-corrected chi connectivity index (χ1v) is 10.4. The van der Waals surface area contributed by atoms with Crippen LogP contribution in [0.3, 0.4) is 0 Å². The molecule has 0 bridgehead atoms. The average Bonchev–Trinajstić information content (AvgIpc) is 3.05. The number of benzene rings is 3. The average molecular weight is 412 g/mol. The van der Waals surface area contributed by atoms with Crippen LogP contribution in [0.1, 0.15) is 48.1 Å². The lowest BCUT2D eigenvalue weighted by molar-refractivity contribution is -0.140. The lowest BCUT2D eigenvalue weighted by atomic mass is 9.93. The van der Waals surface area contributed by atoms with Crippen LogP contribution in [0, 0.1) is 0 Å². The summed E-state index contributed by atoms with van der Waals surface area (Å²) < 4.78 is 0. The summed E-state index contributed by atoms with van der Waals surface area (Å²) in [6.45, 7) is 4.52. The third kappa shape index (κ3) is 4.02. The van der Waals surface area contributed by atoms with Crippen molar-refractivity contribution in [3.63, 3.8) is 0 Å². The molecule has 1 aliphatic rings. The van der Waals surface area contributed by atoms with E-state index in [4.69, 9.17) is 0 Å². The molecule has 1 atom stereocenters. The van der Waals surface area contributed by atoms with Gasteiger partial charge in [-0.05, 0) is 22.6 Å². The molecule has 4 nitrogen and oxygen atoms in total. The van der Waals surface area contributed by atoms with Gasteiger partial charge in [0, 0.05) is 12.1 Å². The van der Waals surface area contributed by atoms with Gasteiger partial charge in [0.1, 0.15) is 5.76 Å². The molecule has 1 N–H and O–H groups in total. The fourth-order valence-corrected chi connectivity index (χ4v) is 3.98. The topological polar surface area (TPSA) is 57.6 Å². The maximum absolute atomic E-state index is 13.1. The van der Waals surface area contributed by atoms with Gasteiger partial charge in [-0.25, -0.2) is 0 Å². The Hall–Kier alpha value is -3.66. The molecule has 3 aromatic carbocycles. The summed E-state index contributed by atoms with van der Waals surface area (Å²) in [5.41, 5.74) is 3.55. The van der Waals surface area contributed by atoms with Crippen LogP contribution in [0.5, 0.6) is 0 Å². The van der Waals surface area contributed by atoms with Crippen LogP contribution < -0.4 is 0 Å². The lowest BCUT2D eigenvalue weighted by Gasteiger charge is -2.26. The van der Waals surface area contributed by atoms with E-state index in [0.29, 0.717) is 11.5 Å². The van der Waals surface area contributed by atoms with Gasteiger partial charge >= 0.3 is 0 Å². The molecule has 156 valence electrons. The summed E-state index contributed by atoms with van der Waals surface area (Å²) in [5, 5.41) is 11.0. The number of carbonyl (C=O) groups excluding carboxylic acids is 2. The number of aliphatic hydroxyl groups excluding tert-OH is 1. The van der Waals surface area contributed by atoms with E-state index in [0.717, 1.165) is 11.1 Å². The number of carbonyl (C=O) groups is 2. The quantitative estimate of drug-likeness (QED) is 0.346. The Morgan fingerprint density at radius 2 is 1.45 bits per heavy atom. The van der Waals surface area contributed by atoms with E-state index in [2.05, 4.69) is 13.8 Å². The molecular formula is C27H25NO3. The smallest absolute Gasteiger partial charge is 0.295 e. The Labute approximate surface area is 182 Å². The van der Waals surface area contributed by atoms with E-state index >= 15 is 0 Å². The monoisotopic (exact) mass is 411 g/mol. The third-order valence-electron chi connectivity index (χ3n) is 5.70. The molecule has 0 spiro atoms. The van der Waals surface area contributed by atoms with Crippen molar-refractivity contribution in [2.24, 2.45) is 0 Å². The summed E-state index contributed by atoms with van der Waals surface area (Å²) >= 11 is 0. The van der Waals surface area contributed by atoms with Gasteiger partial charge in [0.15, 0.2) is 0 Å². The van der Waals surface area contributed by atoms with Crippen LogP contribution in [0.25, 0.3) is 5.76 Å². The third-order valence-corrected chi connectivity index (χ3v) is 5.70. The second kappa shape index (κ2) is 8.60. The highest BCUT2D eigenvalue weighted by Crippen LogP contribution is 2.40. The van der Waals surface area contributed by atoms with Crippen molar-refractivity contribution < 1.29 is 14.7 Å². The number of likely N-dealkylation sites (tertiary alicyclic amines) is 1. The van der Waals surface area contributed by atoms with Crippen molar-refractivity contribution in [2.75, 3.05) is 0 Å². The highest BCUT2D eigenvalue weighted by molar-refractivity contribution is 6.46. The number of nitrogens with zero attached hydrogens (tertiary/aromatic N) is 1. The molecule has 1 aliphatic heterocycles. The minimum Gasteiger partial charge on any atom is -0.507 e. The first kappa shape index (κ1) is 20.6. The van der Waals surface area contributed by atoms with Crippen molar-refractivity contribution in [3.05, 3.63) is 113 Å². The minimum atomic E-state index is -0.657. The van der Waals surface area contributed by atoms with Crippen molar-refractivity contribution >= 4 is 17.4 Å². The Morgan fingerprint density at radius 1 is 0.871 bits per heavy atom. The number of aliphatic hydroxyl groups is 1. The molecule has 4 heteroatoms. The Bertz CT molecular complexity index is 1120. The van der Waals surface area contributed by atoms with Gasteiger partial charge in [0.05, 0.1) is 11.6 Å². The van der Waals surface area contributed by atoms with Crippen LogP contribution in [0.4, 0.5) is 0 Å². The molecule has 0 radical (unpaired) electrons. The van der Waals surface area contributed by atoms with E-state index in [1.165, 1.54) is 5.56 Å². The SMILES string of the molecule is CC(C)c1ccc(C2C(=C(O)c3ccccc3)C(=O)C(=O)N2Cc2ccccc2)cc1. The van der Waals surface area contributed by atoms with Crippen LogP contribution in [-0.4, -0.2) is 21.7 Å². The predicted octanol–water partition coefficient (Wildman–Crippen LogP) is 5.43. The molecule has 0 aromatic heterocycles. The highest BCUT2D eigenvalue weighted by atomic mass is 16.3. The van der Waals surface area contributed by atoms with Crippen molar-refractivity contribution in [3.8, 4) is 0 Å². The maximum Gasteiger partial charge on any atom is 0.295 e. The van der Waals surface area contributed by atoms with E-state index in [1.54, 1.807) is 29.2 Å². The molecule has 1 fully saturated rings. The molecule has 1 heterocycles. The number of ketones is 1. The van der Waals surface area contributed by atoms with Gasteiger partial charge in [-0.2, -0.15) is 0 Å². The van der Waals surface area contributed by atoms with E-state index in [1.807, 2.05) is 60.7 Å². The molecule has 1 saturated heterocycles.